The lowest BCUT2D eigenvalue weighted by Crippen LogP contribution is -2.23. The van der Waals surface area contributed by atoms with Crippen LogP contribution in [0.2, 0.25) is 0 Å². The van der Waals surface area contributed by atoms with Gasteiger partial charge in [-0.1, -0.05) is 13.0 Å². The first-order valence-electron chi connectivity index (χ1n) is 4.09. The van der Waals surface area contributed by atoms with Crippen LogP contribution in [0.15, 0.2) is 12.7 Å². The monoisotopic (exact) mass is 171 g/mol. The van der Waals surface area contributed by atoms with Gasteiger partial charge in [0.1, 0.15) is 0 Å². The summed E-state index contributed by atoms with van der Waals surface area (Å²) in [5.41, 5.74) is 0. The average Bonchev–Trinajstić information content (AvgIpc) is 2.05. The fourth-order valence-corrected chi connectivity index (χ4v) is 0.872. The van der Waals surface area contributed by atoms with Crippen LogP contribution in [-0.4, -0.2) is 26.2 Å². The Morgan fingerprint density at radius 1 is 1.75 bits per heavy atom. The van der Waals surface area contributed by atoms with Gasteiger partial charge in [-0.05, 0) is 12.5 Å². The first kappa shape index (κ1) is 11.2. The number of carbonyl (C=O) groups excluding carboxylic acids is 1. The molecule has 70 valence electrons. The molecule has 1 N–H and O–H groups in total. The molecule has 0 aromatic carbocycles. The Hall–Kier alpha value is -0.830. The van der Waals surface area contributed by atoms with Gasteiger partial charge in [-0.25, -0.2) is 0 Å². The second kappa shape index (κ2) is 6.85. The molecule has 3 heteroatoms. The van der Waals surface area contributed by atoms with E-state index in [1.165, 1.54) is 7.11 Å². The summed E-state index contributed by atoms with van der Waals surface area (Å²) in [5, 5.41) is 3.14. The second-order valence-electron chi connectivity index (χ2n) is 2.83. The minimum atomic E-state index is -0.150. The summed E-state index contributed by atoms with van der Waals surface area (Å²) in [5.74, 6) is 0.167. The van der Waals surface area contributed by atoms with Crippen LogP contribution in [0.3, 0.4) is 0 Å². The van der Waals surface area contributed by atoms with E-state index in [1.807, 2.05) is 6.92 Å². The fourth-order valence-electron chi connectivity index (χ4n) is 0.872. The molecule has 0 spiro atoms. The zero-order valence-corrected chi connectivity index (χ0v) is 7.80. The highest BCUT2D eigenvalue weighted by Gasteiger charge is 2.07. The first-order valence-corrected chi connectivity index (χ1v) is 4.09. The predicted molar refractivity (Wildman–Crippen MR) is 48.9 cm³/mol. The zero-order chi connectivity index (χ0) is 9.40. The summed E-state index contributed by atoms with van der Waals surface area (Å²) in [4.78, 5) is 10.8. The number of carbonyl (C=O) groups is 1. The highest BCUT2D eigenvalue weighted by atomic mass is 16.5. The fraction of sp³-hybridized carbons (Fsp3) is 0.667. The van der Waals surface area contributed by atoms with Crippen LogP contribution >= 0.6 is 0 Å². The molecule has 0 aromatic heterocycles. The summed E-state index contributed by atoms with van der Waals surface area (Å²) < 4.78 is 4.54. The Bertz CT molecular complexity index is 145. The van der Waals surface area contributed by atoms with Crippen LogP contribution < -0.4 is 5.32 Å². The minimum absolute atomic E-state index is 0.150. The van der Waals surface area contributed by atoms with E-state index in [0.717, 1.165) is 13.1 Å². The van der Waals surface area contributed by atoms with Crippen LogP contribution in [0, 0.1) is 5.92 Å². The maximum Gasteiger partial charge on any atom is 0.305 e. The molecule has 0 aliphatic carbocycles. The molecule has 0 saturated heterocycles. The second-order valence-corrected chi connectivity index (χ2v) is 2.83. The van der Waals surface area contributed by atoms with Crippen molar-refractivity contribution >= 4 is 5.97 Å². The average molecular weight is 171 g/mol. The van der Waals surface area contributed by atoms with Crippen LogP contribution in [0.25, 0.3) is 0 Å². The van der Waals surface area contributed by atoms with E-state index in [2.05, 4.69) is 16.6 Å². The summed E-state index contributed by atoms with van der Waals surface area (Å²) in [6, 6.07) is 0. The number of esters is 1. The number of ether oxygens (including phenoxy) is 1. The lowest BCUT2D eigenvalue weighted by atomic mass is 10.1. The lowest BCUT2D eigenvalue weighted by Gasteiger charge is -2.09. The van der Waals surface area contributed by atoms with E-state index >= 15 is 0 Å². The van der Waals surface area contributed by atoms with Crippen LogP contribution in [0.4, 0.5) is 0 Å². The van der Waals surface area contributed by atoms with Crippen LogP contribution in [0.5, 0.6) is 0 Å². The molecule has 12 heavy (non-hydrogen) atoms. The van der Waals surface area contributed by atoms with Gasteiger partial charge in [0, 0.05) is 13.0 Å². The Morgan fingerprint density at radius 3 is 2.92 bits per heavy atom. The van der Waals surface area contributed by atoms with Crippen molar-refractivity contribution in [3.05, 3.63) is 12.7 Å². The molecule has 0 heterocycles. The third-order valence-electron chi connectivity index (χ3n) is 1.52. The predicted octanol–water partition coefficient (Wildman–Crippen LogP) is 0.961. The normalized spacial score (nSPS) is 12.2. The summed E-state index contributed by atoms with van der Waals surface area (Å²) in [6.07, 6.45) is 2.27. The molecule has 0 amide bonds. The van der Waals surface area contributed by atoms with Crippen LogP contribution in [-0.2, 0) is 9.53 Å². The summed E-state index contributed by atoms with van der Waals surface area (Å²) >= 11 is 0. The molecule has 0 saturated carbocycles. The van der Waals surface area contributed by atoms with Crippen molar-refractivity contribution < 1.29 is 9.53 Å². The van der Waals surface area contributed by atoms with Gasteiger partial charge < -0.3 is 10.1 Å². The van der Waals surface area contributed by atoms with Gasteiger partial charge >= 0.3 is 5.97 Å². The van der Waals surface area contributed by atoms with Crippen molar-refractivity contribution in [2.75, 3.05) is 20.2 Å². The number of rotatable bonds is 6. The van der Waals surface area contributed by atoms with Gasteiger partial charge in [0.05, 0.1) is 7.11 Å². The van der Waals surface area contributed by atoms with Gasteiger partial charge in [0.15, 0.2) is 0 Å². The van der Waals surface area contributed by atoms with Crippen molar-refractivity contribution in [2.24, 2.45) is 5.92 Å². The standard InChI is InChI=1S/C9H17NO2/c1-4-5-10-7-8(2)6-9(11)12-3/h4,8,10H,1,5-7H2,2-3H3. The van der Waals surface area contributed by atoms with E-state index in [4.69, 9.17) is 0 Å². The minimum Gasteiger partial charge on any atom is -0.469 e. The Kier molecular flexibility index (Phi) is 6.38. The largest absolute Gasteiger partial charge is 0.469 e. The molecule has 0 aromatic rings. The Labute approximate surface area is 73.8 Å². The smallest absolute Gasteiger partial charge is 0.305 e. The quantitative estimate of drug-likeness (QED) is 0.367. The molecule has 0 radical (unpaired) electrons. The highest BCUT2D eigenvalue weighted by Crippen LogP contribution is 2.00. The third-order valence-corrected chi connectivity index (χ3v) is 1.52. The molecule has 0 fully saturated rings. The number of methoxy groups -OCH3 is 1. The van der Waals surface area contributed by atoms with E-state index < -0.39 is 0 Å². The van der Waals surface area contributed by atoms with Crippen molar-refractivity contribution in [3.8, 4) is 0 Å². The molecule has 0 bridgehead atoms. The van der Waals surface area contributed by atoms with E-state index in [0.29, 0.717) is 12.3 Å². The number of nitrogens with one attached hydrogen (secondary N) is 1. The molecule has 0 aliphatic heterocycles. The zero-order valence-electron chi connectivity index (χ0n) is 7.80. The van der Waals surface area contributed by atoms with Crippen LogP contribution in [0.1, 0.15) is 13.3 Å². The lowest BCUT2D eigenvalue weighted by molar-refractivity contribution is -0.141. The highest BCUT2D eigenvalue weighted by molar-refractivity contribution is 5.69. The van der Waals surface area contributed by atoms with Gasteiger partial charge in [-0.2, -0.15) is 0 Å². The topological polar surface area (TPSA) is 38.3 Å². The molecule has 0 aliphatic rings. The molecule has 1 unspecified atom stereocenters. The van der Waals surface area contributed by atoms with E-state index in [-0.39, 0.29) is 5.97 Å². The van der Waals surface area contributed by atoms with E-state index in [1.54, 1.807) is 6.08 Å². The maximum atomic E-state index is 10.8. The van der Waals surface area contributed by atoms with Crippen molar-refractivity contribution in [3.63, 3.8) is 0 Å². The summed E-state index contributed by atoms with van der Waals surface area (Å²) in [6.45, 7) is 7.19. The number of hydrogen-bond acceptors (Lipinski definition) is 3. The van der Waals surface area contributed by atoms with Crippen molar-refractivity contribution in [2.45, 2.75) is 13.3 Å². The van der Waals surface area contributed by atoms with Crippen molar-refractivity contribution in [1.82, 2.24) is 5.32 Å². The van der Waals surface area contributed by atoms with Gasteiger partial charge in [0.25, 0.3) is 0 Å². The van der Waals surface area contributed by atoms with Gasteiger partial charge in [-0.15, -0.1) is 6.58 Å². The van der Waals surface area contributed by atoms with Crippen molar-refractivity contribution in [1.29, 1.82) is 0 Å². The molecule has 3 nitrogen and oxygen atoms in total. The third kappa shape index (κ3) is 5.92. The van der Waals surface area contributed by atoms with Gasteiger partial charge in [-0.3, -0.25) is 4.79 Å². The molecule has 1 atom stereocenters. The van der Waals surface area contributed by atoms with Gasteiger partial charge in [0.2, 0.25) is 0 Å². The summed E-state index contributed by atoms with van der Waals surface area (Å²) in [7, 11) is 1.41. The molecule has 0 rings (SSSR count). The maximum absolute atomic E-state index is 10.8. The Balaban J connectivity index is 3.38. The van der Waals surface area contributed by atoms with E-state index in [9.17, 15) is 4.79 Å². The number of hydrogen-bond donors (Lipinski definition) is 1. The molecular weight excluding hydrogens is 154 g/mol. The first-order chi connectivity index (χ1) is 5.70. The Morgan fingerprint density at radius 2 is 2.42 bits per heavy atom. The SMILES string of the molecule is C=CCNCC(C)CC(=O)OC. The molecular formula is C9H17NO2.